The number of hydrogen-bond acceptors (Lipinski definition) is 4. The molecule has 0 amide bonds. The highest BCUT2D eigenvalue weighted by atomic mass is 16.5. The van der Waals surface area contributed by atoms with E-state index in [2.05, 4.69) is 19.7 Å². The summed E-state index contributed by atoms with van der Waals surface area (Å²) in [5.41, 5.74) is -0.00864. The van der Waals surface area contributed by atoms with E-state index in [4.69, 9.17) is 14.2 Å². The van der Waals surface area contributed by atoms with Gasteiger partial charge in [0, 0.05) is 46.2 Å². The highest BCUT2D eigenvalue weighted by Gasteiger charge is 2.29. The van der Waals surface area contributed by atoms with Crippen molar-refractivity contribution in [3.8, 4) is 0 Å². The van der Waals surface area contributed by atoms with Gasteiger partial charge in [0.15, 0.2) is 0 Å². The number of hydrogen-bond donors (Lipinski definition) is 1. The first-order valence-corrected chi connectivity index (χ1v) is 9.41. The van der Waals surface area contributed by atoms with E-state index in [-0.39, 0.29) is 12.0 Å². The van der Waals surface area contributed by atoms with Crippen LogP contribution >= 0.6 is 0 Å². The van der Waals surface area contributed by atoms with Gasteiger partial charge in [0.2, 0.25) is 0 Å². The van der Waals surface area contributed by atoms with Gasteiger partial charge >= 0.3 is 0 Å². The minimum atomic E-state index is -0.00864. The van der Waals surface area contributed by atoms with E-state index in [1.807, 2.05) is 18.2 Å². The maximum absolute atomic E-state index is 9.56. The van der Waals surface area contributed by atoms with E-state index in [0.29, 0.717) is 39.6 Å². The summed E-state index contributed by atoms with van der Waals surface area (Å²) in [5.74, 6) is 0. The summed E-state index contributed by atoms with van der Waals surface area (Å²) in [6.45, 7) is 15.5. The van der Waals surface area contributed by atoms with Crippen LogP contribution in [0.3, 0.4) is 0 Å². The summed E-state index contributed by atoms with van der Waals surface area (Å²) in [5, 5.41) is 9.56. The first-order chi connectivity index (χ1) is 12.2. The summed E-state index contributed by atoms with van der Waals surface area (Å²) in [6.07, 6.45) is 11.6. The predicted octanol–water partition coefficient (Wildman–Crippen LogP) is 4.30. The Balaban J connectivity index is 4.46. The fourth-order valence-electron chi connectivity index (χ4n) is 2.66. The zero-order valence-electron chi connectivity index (χ0n) is 15.9. The molecule has 1 N–H and O–H groups in total. The quantitative estimate of drug-likeness (QED) is 0.261. The van der Waals surface area contributed by atoms with Gasteiger partial charge in [0.25, 0.3) is 0 Å². The van der Waals surface area contributed by atoms with Gasteiger partial charge < -0.3 is 19.3 Å². The van der Waals surface area contributed by atoms with E-state index < -0.39 is 0 Å². The summed E-state index contributed by atoms with van der Waals surface area (Å²) >= 11 is 0. The molecule has 0 aliphatic carbocycles. The smallest absolute Gasteiger partial charge is 0.0500 e. The fourth-order valence-corrected chi connectivity index (χ4v) is 2.66. The van der Waals surface area contributed by atoms with Gasteiger partial charge in [-0.25, -0.2) is 0 Å². The van der Waals surface area contributed by atoms with Crippen LogP contribution in [0.2, 0.25) is 0 Å². The SMILES string of the molecule is C=CCCOCCC(CCO)(CCOCCC=C)CCOCCC=C. The molecule has 4 heteroatoms. The summed E-state index contributed by atoms with van der Waals surface area (Å²) in [6, 6.07) is 0. The summed E-state index contributed by atoms with van der Waals surface area (Å²) < 4.78 is 17.1. The Bertz CT molecular complexity index is 282. The number of aliphatic hydroxyl groups excluding tert-OH is 1. The average Bonchev–Trinajstić information content (AvgIpc) is 2.61. The maximum atomic E-state index is 9.56. The molecule has 146 valence electrons. The van der Waals surface area contributed by atoms with Crippen LogP contribution in [0.25, 0.3) is 0 Å². The third kappa shape index (κ3) is 14.0. The minimum Gasteiger partial charge on any atom is -0.396 e. The van der Waals surface area contributed by atoms with Crippen molar-refractivity contribution in [3.63, 3.8) is 0 Å². The molecule has 0 saturated carbocycles. The molecule has 0 saturated heterocycles. The summed E-state index contributed by atoms with van der Waals surface area (Å²) in [4.78, 5) is 0. The molecule has 0 unspecified atom stereocenters. The van der Waals surface area contributed by atoms with Crippen LogP contribution in [-0.4, -0.2) is 51.4 Å². The van der Waals surface area contributed by atoms with Crippen LogP contribution in [0, 0.1) is 5.41 Å². The second-order valence-corrected chi connectivity index (χ2v) is 6.29. The molecule has 0 aromatic heterocycles. The zero-order chi connectivity index (χ0) is 18.6. The van der Waals surface area contributed by atoms with E-state index in [1.165, 1.54) is 0 Å². The van der Waals surface area contributed by atoms with Crippen LogP contribution in [0.4, 0.5) is 0 Å². The Morgan fingerprint density at radius 3 is 1.24 bits per heavy atom. The Labute approximate surface area is 154 Å². The highest BCUT2D eigenvalue weighted by Crippen LogP contribution is 2.35. The van der Waals surface area contributed by atoms with Crippen molar-refractivity contribution in [2.45, 2.75) is 44.9 Å². The topological polar surface area (TPSA) is 47.9 Å². The monoisotopic (exact) mass is 354 g/mol. The third-order valence-corrected chi connectivity index (χ3v) is 4.37. The molecular formula is C21H38O4. The first-order valence-electron chi connectivity index (χ1n) is 9.41. The van der Waals surface area contributed by atoms with Gasteiger partial charge in [-0.15, -0.1) is 19.7 Å². The van der Waals surface area contributed by atoms with Crippen LogP contribution in [0.15, 0.2) is 38.0 Å². The standard InChI is InChI=1S/C21H38O4/c1-4-7-15-23-18-11-21(10-14-22,12-19-24-16-8-5-2)13-20-25-17-9-6-3/h4-6,22H,1-3,7-20H2. The van der Waals surface area contributed by atoms with E-state index >= 15 is 0 Å². The predicted molar refractivity (Wildman–Crippen MR) is 105 cm³/mol. The second kappa shape index (κ2) is 17.9. The van der Waals surface area contributed by atoms with Crippen molar-refractivity contribution in [2.75, 3.05) is 46.2 Å². The van der Waals surface area contributed by atoms with E-state index in [9.17, 15) is 5.11 Å². The van der Waals surface area contributed by atoms with Gasteiger partial charge in [0.1, 0.15) is 0 Å². The normalized spacial score (nSPS) is 11.4. The van der Waals surface area contributed by atoms with Gasteiger partial charge in [-0.1, -0.05) is 18.2 Å². The fraction of sp³-hybridized carbons (Fsp3) is 0.714. The Morgan fingerprint density at radius 1 is 0.600 bits per heavy atom. The lowest BCUT2D eigenvalue weighted by molar-refractivity contribution is 0.0195. The van der Waals surface area contributed by atoms with Crippen molar-refractivity contribution >= 4 is 0 Å². The highest BCUT2D eigenvalue weighted by molar-refractivity contribution is 4.80. The average molecular weight is 355 g/mol. The largest absolute Gasteiger partial charge is 0.396 e. The molecule has 0 aromatic rings. The molecule has 4 nitrogen and oxygen atoms in total. The lowest BCUT2D eigenvalue weighted by Crippen LogP contribution is -2.28. The van der Waals surface area contributed by atoms with Crippen LogP contribution in [0.5, 0.6) is 0 Å². The molecule has 0 heterocycles. The van der Waals surface area contributed by atoms with Gasteiger partial charge in [-0.05, 0) is 50.4 Å². The molecular weight excluding hydrogens is 316 g/mol. The summed E-state index contributed by atoms with van der Waals surface area (Å²) in [7, 11) is 0. The molecule has 25 heavy (non-hydrogen) atoms. The number of rotatable bonds is 20. The Kier molecular flexibility index (Phi) is 17.2. The second-order valence-electron chi connectivity index (χ2n) is 6.29. The molecule has 0 aliphatic rings. The molecule has 0 spiro atoms. The van der Waals surface area contributed by atoms with Gasteiger partial charge in [0.05, 0.1) is 0 Å². The van der Waals surface area contributed by atoms with E-state index in [1.54, 1.807) is 0 Å². The molecule has 0 atom stereocenters. The molecule has 0 fully saturated rings. The molecule has 0 bridgehead atoms. The Morgan fingerprint density at radius 2 is 0.960 bits per heavy atom. The van der Waals surface area contributed by atoms with Gasteiger partial charge in [-0.3, -0.25) is 0 Å². The van der Waals surface area contributed by atoms with E-state index in [0.717, 1.165) is 44.9 Å². The van der Waals surface area contributed by atoms with Gasteiger partial charge in [-0.2, -0.15) is 0 Å². The van der Waals surface area contributed by atoms with Crippen LogP contribution in [0.1, 0.15) is 44.9 Å². The molecule has 0 aromatic carbocycles. The van der Waals surface area contributed by atoms with Crippen molar-refractivity contribution in [1.29, 1.82) is 0 Å². The number of aliphatic hydroxyl groups is 1. The Hall–Kier alpha value is -0.940. The molecule has 0 radical (unpaired) electrons. The van der Waals surface area contributed by atoms with Crippen LogP contribution in [-0.2, 0) is 14.2 Å². The molecule has 0 aliphatic heterocycles. The van der Waals surface area contributed by atoms with Crippen molar-refractivity contribution in [2.24, 2.45) is 5.41 Å². The third-order valence-electron chi connectivity index (χ3n) is 4.37. The first kappa shape index (κ1) is 24.1. The zero-order valence-corrected chi connectivity index (χ0v) is 15.9. The number of ether oxygens (including phenoxy) is 3. The van der Waals surface area contributed by atoms with Crippen molar-refractivity contribution < 1.29 is 19.3 Å². The minimum absolute atomic E-state index is 0.00864. The van der Waals surface area contributed by atoms with Crippen LogP contribution < -0.4 is 0 Å². The molecule has 0 rings (SSSR count). The lowest BCUT2D eigenvalue weighted by Gasteiger charge is -2.33. The van der Waals surface area contributed by atoms with Crippen molar-refractivity contribution in [1.82, 2.24) is 0 Å². The van der Waals surface area contributed by atoms with Crippen molar-refractivity contribution in [3.05, 3.63) is 38.0 Å². The maximum Gasteiger partial charge on any atom is 0.0500 e. The lowest BCUT2D eigenvalue weighted by atomic mass is 9.76.